The van der Waals surface area contributed by atoms with Gasteiger partial charge in [-0.15, -0.1) is 0 Å². The molecule has 0 atom stereocenters. The number of carbonyl (C=O) groups is 1. The summed E-state index contributed by atoms with van der Waals surface area (Å²) in [6.45, 7) is 10.9. The van der Waals surface area contributed by atoms with E-state index in [0.717, 1.165) is 43.7 Å². The minimum absolute atomic E-state index is 0.256. The van der Waals surface area contributed by atoms with Crippen molar-refractivity contribution in [2.75, 3.05) is 32.7 Å². The van der Waals surface area contributed by atoms with Crippen LogP contribution < -0.4 is 5.32 Å². The van der Waals surface area contributed by atoms with Gasteiger partial charge < -0.3 is 5.32 Å². The first-order chi connectivity index (χ1) is 9.58. The number of benzene rings is 1. The normalized spacial score (nSPS) is 17.2. The highest BCUT2D eigenvalue weighted by atomic mass is 16.1. The van der Waals surface area contributed by atoms with E-state index in [9.17, 15) is 4.79 Å². The number of carbonyl (C=O) groups excluding carboxylic acids is 1. The Morgan fingerprint density at radius 2 is 2.10 bits per heavy atom. The molecule has 1 fully saturated rings. The molecule has 20 heavy (non-hydrogen) atoms. The van der Waals surface area contributed by atoms with Crippen LogP contribution in [0.5, 0.6) is 0 Å². The lowest BCUT2D eigenvalue weighted by atomic mass is 9.95. The van der Waals surface area contributed by atoms with Crippen LogP contribution in [0.25, 0.3) is 0 Å². The number of rotatable bonds is 4. The second-order valence-corrected chi connectivity index (χ2v) is 6.03. The van der Waals surface area contributed by atoms with Crippen LogP contribution in [0.3, 0.4) is 0 Å². The smallest absolute Gasteiger partial charge is 0.177 e. The van der Waals surface area contributed by atoms with Gasteiger partial charge in [0.05, 0.1) is 6.54 Å². The summed E-state index contributed by atoms with van der Waals surface area (Å²) in [4.78, 5) is 14.8. The van der Waals surface area contributed by atoms with E-state index in [4.69, 9.17) is 0 Å². The zero-order chi connectivity index (χ0) is 14.5. The van der Waals surface area contributed by atoms with Crippen molar-refractivity contribution in [3.63, 3.8) is 0 Å². The largest absolute Gasteiger partial charge is 0.315 e. The molecule has 110 valence electrons. The first-order valence-electron chi connectivity index (χ1n) is 7.64. The Kier molecular flexibility index (Phi) is 5.32. The van der Waals surface area contributed by atoms with Crippen molar-refractivity contribution in [3.8, 4) is 0 Å². The Labute approximate surface area is 122 Å². The van der Waals surface area contributed by atoms with Crippen molar-refractivity contribution >= 4 is 5.78 Å². The fourth-order valence-electron chi connectivity index (χ4n) is 2.65. The quantitative estimate of drug-likeness (QED) is 0.857. The van der Waals surface area contributed by atoms with Crippen LogP contribution in [-0.2, 0) is 0 Å². The molecule has 3 nitrogen and oxygen atoms in total. The molecule has 1 heterocycles. The van der Waals surface area contributed by atoms with Crippen LogP contribution in [0.15, 0.2) is 18.2 Å². The van der Waals surface area contributed by atoms with Gasteiger partial charge in [0.15, 0.2) is 5.78 Å². The summed E-state index contributed by atoms with van der Waals surface area (Å²) in [5.74, 6) is 0.719. The van der Waals surface area contributed by atoms with Crippen LogP contribution in [-0.4, -0.2) is 43.4 Å². The maximum Gasteiger partial charge on any atom is 0.177 e. The molecule has 3 heteroatoms. The molecule has 0 saturated carbocycles. The number of ketones is 1. The lowest BCUT2D eigenvalue weighted by Crippen LogP contribution is -2.33. The number of Topliss-reactive ketones (excluding diaryl/α,β-unsaturated/α-hetero) is 1. The zero-order valence-corrected chi connectivity index (χ0v) is 12.9. The van der Waals surface area contributed by atoms with Crippen LogP contribution in [0.4, 0.5) is 0 Å². The summed E-state index contributed by atoms with van der Waals surface area (Å²) in [6.07, 6.45) is 1.12. The van der Waals surface area contributed by atoms with Crippen molar-refractivity contribution in [1.29, 1.82) is 0 Å². The molecule has 1 aromatic rings. The Balaban J connectivity index is 2.09. The van der Waals surface area contributed by atoms with Gasteiger partial charge in [-0.3, -0.25) is 9.69 Å². The van der Waals surface area contributed by atoms with Gasteiger partial charge in [-0.2, -0.15) is 0 Å². The first-order valence-corrected chi connectivity index (χ1v) is 7.64. The number of hydrogen-bond acceptors (Lipinski definition) is 3. The van der Waals surface area contributed by atoms with E-state index in [0.29, 0.717) is 12.5 Å². The molecule has 0 aliphatic carbocycles. The fraction of sp³-hybridized carbons (Fsp3) is 0.588. The number of aryl methyl sites for hydroxylation is 1. The van der Waals surface area contributed by atoms with E-state index in [-0.39, 0.29) is 5.78 Å². The molecule has 0 bridgehead atoms. The van der Waals surface area contributed by atoms with Crippen LogP contribution in [0.1, 0.15) is 47.7 Å². The Morgan fingerprint density at radius 1 is 1.30 bits per heavy atom. The van der Waals surface area contributed by atoms with Crippen molar-refractivity contribution in [2.45, 2.75) is 33.1 Å². The fourth-order valence-corrected chi connectivity index (χ4v) is 2.65. The Morgan fingerprint density at radius 3 is 2.85 bits per heavy atom. The molecule has 1 aromatic carbocycles. The van der Waals surface area contributed by atoms with Crippen molar-refractivity contribution in [3.05, 3.63) is 34.9 Å². The molecule has 1 aliphatic heterocycles. The molecule has 2 rings (SSSR count). The first kappa shape index (κ1) is 15.2. The van der Waals surface area contributed by atoms with Crippen molar-refractivity contribution in [2.24, 2.45) is 0 Å². The number of hydrogen-bond donors (Lipinski definition) is 1. The summed E-state index contributed by atoms with van der Waals surface area (Å²) in [5.41, 5.74) is 3.23. The Hall–Kier alpha value is -1.19. The third kappa shape index (κ3) is 3.90. The van der Waals surface area contributed by atoms with E-state index in [2.05, 4.69) is 42.3 Å². The van der Waals surface area contributed by atoms with Crippen molar-refractivity contribution in [1.82, 2.24) is 10.2 Å². The van der Waals surface area contributed by atoms with Crippen LogP contribution >= 0.6 is 0 Å². The van der Waals surface area contributed by atoms with Gasteiger partial charge in [-0.05, 0) is 49.5 Å². The molecule has 0 amide bonds. The monoisotopic (exact) mass is 274 g/mol. The highest BCUT2D eigenvalue weighted by Gasteiger charge is 2.16. The average molecular weight is 274 g/mol. The maximum absolute atomic E-state index is 12.6. The van der Waals surface area contributed by atoms with Crippen molar-refractivity contribution < 1.29 is 4.79 Å². The average Bonchev–Trinajstić information content (AvgIpc) is 2.67. The molecular weight excluding hydrogens is 248 g/mol. The van der Waals surface area contributed by atoms with Crippen LogP contribution in [0.2, 0.25) is 0 Å². The molecular formula is C17H26N2O. The van der Waals surface area contributed by atoms with Gasteiger partial charge in [-0.25, -0.2) is 0 Å². The lowest BCUT2D eigenvalue weighted by Gasteiger charge is -2.19. The maximum atomic E-state index is 12.6. The predicted molar refractivity (Wildman–Crippen MR) is 83.5 cm³/mol. The lowest BCUT2D eigenvalue weighted by molar-refractivity contribution is 0.0934. The van der Waals surface area contributed by atoms with E-state index in [1.54, 1.807) is 0 Å². The summed E-state index contributed by atoms with van der Waals surface area (Å²) < 4.78 is 0. The third-order valence-corrected chi connectivity index (χ3v) is 4.03. The molecule has 1 N–H and O–H groups in total. The SMILES string of the molecule is Cc1ccc(C(C)C)cc1C(=O)CN1CCCNCC1. The second-order valence-electron chi connectivity index (χ2n) is 6.03. The second kappa shape index (κ2) is 7.00. The summed E-state index contributed by atoms with van der Waals surface area (Å²) in [7, 11) is 0. The molecule has 1 aliphatic rings. The standard InChI is InChI=1S/C17H26N2O/c1-13(2)15-6-5-14(3)16(11-15)17(20)12-19-9-4-7-18-8-10-19/h5-6,11,13,18H,4,7-10,12H2,1-3H3. The van der Waals surface area contributed by atoms with Gasteiger partial charge in [0, 0.05) is 18.7 Å². The summed E-state index contributed by atoms with van der Waals surface area (Å²) in [5, 5.41) is 3.37. The molecule has 0 aromatic heterocycles. The van der Waals surface area contributed by atoms with Gasteiger partial charge in [0.25, 0.3) is 0 Å². The Bertz CT molecular complexity index is 460. The van der Waals surface area contributed by atoms with Gasteiger partial charge in [-0.1, -0.05) is 26.0 Å². The van der Waals surface area contributed by atoms with E-state index in [1.807, 2.05) is 6.92 Å². The molecule has 0 radical (unpaired) electrons. The van der Waals surface area contributed by atoms with E-state index < -0.39 is 0 Å². The third-order valence-electron chi connectivity index (χ3n) is 4.03. The predicted octanol–water partition coefficient (Wildman–Crippen LogP) is 2.60. The summed E-state index contributed by atoms with van der Waals surface area (Å²) in [6, 6.07) is 6.29. The van der Waals surface area contributed by atoms with Gasteiger partial charge in [0.1, 0.15) is 0 Å². The highest BCUT2D eigenvalue weighted by Crippen LogP contribution is 2.19. The van der Waals surface area contributed by atoms with Gasteiger partial charge >= 0.3 is 0 Å². The molecule has 1 saturated heterocycles. The number of nitrogens with one attached hydrogen (secondary N) is 1. The minimum atomic E-state index is 0.256. The minimum Gasteiger partial charge on any atom is -0.315 e. The van der Waals surface area contributed by atoms with E-state index in [1.165, 1.54) is 5.56 Å². The number of nitrogens with zero attached hydrogens (tertiary/aromatic N) is 1. The highest BCUT2D eigenvalue weighted by molar-refractivity contribution is 5.99. The molecule has 0 spiro atoms. The zero-order valence-electron chi connectivity index (χ0n) is 12.9. The topological polar surface area (TPSA) is 32.3 Å². The molecule has 0 unspecified atom stereocenters. The summed E-state index contributed by atoms with van der Waals surface area (Å²) >= 11 is 0. The van der Waals surface area contributed by atoms with Gasteiger partial charge in [0.2, 0.25) is 0 Å². The van der Waals surface area contributed by atoms with E-state index >= 15 is 0 Å². The van der Waals surface area contributed by atoms with Crippen LogP contribution in [0, 0.1) is 6.92 Å².